The number of fused-ring (bicyclic) bond motifs is 9. The standard InChI is InChI=1S/C38H23NO2/c1-2-8-26(9-3-1)39(28-17-19-37-33(22-28)30-10-4-6-12-35(30)40-37)27-16-18-29-24(20-27)14-15-25-21-38-34(23-32(25)29)31-11-5-7-13-36(31)41-38/h1-23H/i5D,7D,11D,13D,14D,15D,16D,18D,20D,21D,23D. The lowest BCUT2D eigenvalue weighted by molar-refractivity contribution is 0.668. The van der Waals surface area contributed by atoms with Crippen LogP contribution in [0.3, 0.4) is 0 Å². The van der Waals surface area contributed by atoms with Crippen molar-refractivity contribution in [3.05, 3.63) is 139 Å². The van der Waals surface area contributed by atoms with Gasteiger partial charge in [-0.3, -0.25) is 0 Å². The maximum atomic E-state index is 9.59. The van der Waals surface area contributed by atoms with E-state index >= 15 is 0 Å². The van der Waals surface area contributed by atoms with Gasteiger partial charge in [-0.25, -0.2) is 0 Å². The number of furan rings is 2. The van der Waals surface area contributed by atoms with Crippen LogP contribution >= 0.6 is 0 Å². The molecule has 41 heavy (non-hydrogen) atoms. The van der Waals surface area contributed by atoms with Gasteiger partial charge in [-0.2, -0.15) is 0 Å². The highest BCUT2D eigenvalue weighted by molar-refractivity contribution is 6.17. The molecule has 0 amide bonds. The van der Waals surface area contributed by atoms with Crippen LogP contribution in [0.1, 0.15) is 15.1 Å². The molecule has 0 aliphatic heterocycles. The third kappa shape index (κ3) is 3.39. The molecule has 0 N–H and O–H groups in total. The Morgan fingerprint density at radius 3 is 2.15 bits per heavy atom. The van der Waals surface area contributed by atoms with Gasteiger partial charge in [-0.15, -0.1) is 0 Å². The molecule has 0 aliphatic carbocycles. The van der Waals surface area contributed by atoms with E-state index in [1.165, 1.54) is 0 Å². The van der Waals surface area contributed by atoms with Gasteiger partial charge in [0.1, 0.15) is 22.3 Å². The summed E-state index contributed by atoms with van der Waals surface area (Å²) in [5, 5.41) is 0.692. The Bertz CT molecular complexity index is 3050. The smallest absolute Gasteiger partial charge is 0.136 e. The second-order valence-corrected chi connectivity index (χ2v) is 9.68. The van der Waals surface area contributed by atoms with Crippen molar-refractivity contribution >= 4 is 82.5 Å². The van der Waals surface area contributed by atoms with E-state index in [4.69, 9.17) is 18.4 Å². The predicted molar refractivity (Wildman–Crippen MR) is 171 cm³/mol. The van der Waals surface area contributed by atoms with Crippen molar-refractivity contribution in [2.75, 3.05) is 4.90 Å². The Morgan fingerprint density at radius 1 is 0.439 bits per heavy atom. The molecule has 3 nitrogen and oxygen atoms in total. The number of benzene rings is 7. The molecule has 0 aliphatic rings. The van der Waals surface area contributed by atoms with E-state index in [9.17, 15) is 5.48 Å². The zero-order valence-electron chi connectivity index (χ0n) is 32.2. The minimum atomic E-state index is -0.561. The van der Waals surface area contributed by atoms with E-state index in [2.05, 4.69) is 0 Å². The van der Waals surface area contributed by atoms with Crippen LogP contribution in [0, 0.1) is 0 Å². The van der Waals surface area contributed by atoms with E-state index in [0.717, 1.165) is 10.8 Å². The monoisotopic (exact) mass is 536 g/mol. The van der Waals surface area contributed by atoms with Gasteiger partial charge in [0, 0.05) is 38.6 Å². The third-order valence-electron chi connectivity index (χ3n) is 7.29. The van der Waals surface area contributed by atoms with Crippen LogP contribution in [0.2, 0.25) is 0 Å². The fourth-order valence-electron chi connectivity index (χ4n) is 5.42. The molecule has 0 radical (unpaired) electrons. The summed E-state index contributed by atoms with van der Waals surface area (Å²) in [4.78, 5) is 1.65. The first kappa shape index (κ1) is 14.2. The average Bonchev–Trinajstić information content (AvgIpc) is 3.74. The van der Waals surface area contributed by atoms with E-state index in [1.54, 1.807) is 41.3 Å². The van der Waals surface area contributed by atoms with Crippen molar-refractivity contribution in [2.24, 2.45) is 0 Å². The Morgan fingerprint density at radius 2 is 1.22 bits per heavy atom. The van der Waals surface area contributed by atoms with E-state index in [0.29, 0.717) is 22.5 Å². The molecule has 0 bridgehead atoms. The molecule has 7 aromatic carbocycles. The van der Waals surface area contributed by atoms with Crippen LogP contribution in [-0.2, 0) is 0 Å². The minimum Gasteiger partial charge on any atom is -0.456 e. The predicted octanol–water partition coefficient (Wildman–Crippen LogP) is 11.3. The van der Waals surface area contributed by atoms with Crippen LogP contribution < -0.4 is 4.90 Å². The second-order valence-electron chi connectivity index (χ2n) is 9.68. The number of hydrogen-bond donors (Lipinski definition) is 0. The van der Waals surface area contributed by atoms with Crippen LogP contribution in [0.15, 0.2) is 148 Å². The van der Waals surface area contributed by atoms with E-state index < -0.39 is 60.4 Å². The number of rotatable bonds is 3. The highest BCUT2D eigenvalue weighted by Gasteiger charge is 2.16. The maximum absolute atomic E-state index is 9.59. The molecule has 0 saturated carbocycles. The molecule has 0 atom stereocenters. The summed E-state index contributed by atoms with van der Waals surface area (Å²) in [7, 11) is 0. The maximum Gasteiger partial charge on any atom is 0.136 e. The van der Waals surface area contributed by atoms with Gasteiger partial charge in [0.2, 0.25) is 0 Å². The summed E-state index contributed by atoms with van der Waals surface area (Å²) in [6.07, 6.45) is 0. The summed E-state index contributed by atoms with van der Waals surface area (Å²) in [6.45, 7) is 0. The fourth-order valence-corrected chi connectivity index (χ4v) is 5.42. The molecule has 2 aromatic heterocycles. The van der Waals surface area contributed by atoms with Crippen molar-refractivity contribution in [1.82, 2.24) is 0 Å². The number of anilines is 3. The van der Waals surface area contributed by atoms with Gasteiger partial charge in [0.05, 0.1) is 15.1 Å². The first-order valence-corrected chi connectivity index (χ1v) is 13.0. The largest absolute Gasteiger partial charge is 0.456 e. The van der Waals surface area contributed by atoms with E-state index in [-0.39, 0.29) is 55.2 Å². The van der Waals surface area contributed by atoms with Gasteiger partial charge >= 0.3 is 0 Å². The van der Waals surface area contributed by atoms with Gasteiger partial charge in [0.25, 0.3) is 0 Å². The molecule has 192 valence electrons. The van der Waals surface area contributed by atoms with Crippen molar-refractivity contribution in [1.29, 1.82) is 0 Å². The normalized spacial score (nSPS) is 15.7. The molecule has 0 spiro atoms. The quantitative estimate of drug-likeness (QED) is 0.210. The lowest BCUT2D eigenvalue weighted by Gasteiger charge is -2.26. The van der Waals surface area contributed by atoms with Crippen LogP contribution in [0.5, 0.6) is 0 Å². The molecule has 2 heterocycles. The zero-order chi connectivity index (χ0) is 36.5. The lowest BCUT2D eigenvalue weighted by Crippen LogP contribution is -2.09. The Hall–Kier alpha value is -5.54. The molecule has 0 unspecified atom stereocenters. The number of para-hydroxylation sites is 3. The molecular weight excluding hydrogens is 502 g/mol. The number of hydrogen-bond acceptors (Lipinski definition) is 3. The molecule has 0 saturated heterocycles. The van der Waals surface area contributed by atoms with Crippen LogP contribution in [0.25, 0.3) is 65.4 Å². The summed E-state index contributed by atoms with van der Waals surface area (Å²) < 4.78 is 110. The highest BCUT2D eigenvalue weighted by Crippen LogP contribution is 2.41. The Kier molecular flexibility index (Phi) is 2.94. The molecule has 3 heteroatoms. The number of nitrogens with zero attached hydrogens (tertiary/aromatic N) is 1. The minimum absolute atomic E-state index is 0.0373. The first-order chi connectivity index (χ1) is 24.9. The SMILES string of the molecule is [2H]c1c([2H])c([2H])c2c(oc3c([2H])c4c([2H])c([2H])c5c([2H])c(N(c6ccccc6)c6ccc7oc8ccccc8c7c6)c([2H])c([2H])c5c4c([2H])c32)c1[2H]. The summed E-state index contributed by atoms with van der Waals surface area (Å²) in [5.74, 6) is 0. The molecule has 9 aromatic rings. The van der Waals surface area contributed by atoms with Gasteiger partial charge in [-0.05, 0) is 88.2 Å². The Labute approximate surface area is 250 Å². The summed E-state index contributed by atoms with van der Waals surface area (Å²) in [5.41, 5.74) is 1.85. The lowest BCUT2D eigenvalue weighted by atomic mass is 9.99. The molecule has 0 fully saturated rings. The van der Waals surface area contributed by atoms with Crippen molar-refractivity contribution in [3.63, 3.8) is 0 Å². The van der Waals surface area contributed by atoms with Crippen molar-refractivity contribution in [2.45, 2.75) is 0 Å². The Balaban J connectivity index is 1.42. The molecule has 9 rings (SSSR count). The van der Waals surface area contributed by atoms with Gasteiger partial charge in [0.15, 0.2) is 0 Å². The summed E-state index contributed by atoms with van der Waals surface area (Å²) >= 11 is 0. The first-order valence-electron chi connectivity index (χ1n) is 18.5. The van der Waals surface area contributed by atoms with Gasteiger partial charge < -0.3 is 13.7 Å². The van der Waals surface area contributed by atoms with Crippen LogP contribution in [0.4, 0.5) is 17.1 Å². The fraction of sp³-hybridized carbons (Fsp3) is 0. The highest BCUT2D eigenvalue weighted by atomic mass is 16.3. The summed E-state index contributed by atoms with van der Waals surface area (Å²) in [6, 6.07) is 16.9. The topological polar surface area (TPSA) is 29.5 Å². The van der Waals surface area contributed by atoms with Crippen LogP contribution in [-0.4, -0.2) is 0 Å². The molecular formula is C38H23NO2. The van der Waals surface area contributed by atoms with Crippen molar-refractivity contribution in [3.8, 4) is 0 Å². The third-order valence-corrected chi connectivity index (χ3v) is 7.29. The van der Waals surface area contributed by atoms with Crippen molar-refractivity contribution < 1.29 is 23.9 Å². The second kappa shape index (κ2) is 8.48. The average molecular weight is 537 g/mol. The van der Waals surface area contributed by atoms with E-state index in [1.807, 2.05) is 36.4 Å². The van der Waals surface area contributed by atoms with Gasteiger partial charge in [-0.1, -0.05) is 72.7 Å². The zero-order valence-corrected chi connectivity index (χ0v) is 21.2.